The zero-order valence-electron chi connectivity index (χ0n) is 11.2. The molecule has 0 fully saturated rings. The van der Waals surface area contributed by atoms with Crippen LogP contribution in [0.25, 0.3) is 0 Å². The maximum atomic E-state index is 12.3. The molecule has 0 saturated heterocycles. The fourth-order valence-corrected chi connectivity index (χ4v) is 2.50. The summed E-state index contributed by atoms with van der Waals surface area (Å²) in [4.78, 5) is 20.5. The minimum absolute atomic E-state index is 0.320. The van der Waals surface area contributed by atoms with Crippen molar-refractivity contribution < 1.29 is 14.3 Å². The van der Waals surface area contributed by atoms with Crippen LogP contribution >= 0.6 is 31.9 Å². The number of ether oxygens (including phenoxy) is 2. The number of rotatable bonds is 4. The van der Waals surface area contributed by atoms with Crippen molar-refractivity contribution >= 4 is 43.6 Å². The van der Waals surface area contributed by atoms with E-state index in [1.807, 2.05) is 0 Å². The van der Waals surface area contributed by atoms with Gasteiger partial charge in [-0.15, -0.1) is 0 Å². The van der Waals surface area contributed by atoms with Gasteiger partial charge in [0.25, 0.3) is 5.91 Å². The smallest absolute Gasteiger partial charge is 0.260 e. The molecule has 1 aromatic carbocycles. The number of hydrogen-bond donors (Lipinski definition) is 1. The summed E-state index contributed by atoms with van der Waals surface area (Å²) in [5, 5.41) is 2.66. The van der Waals surface area contributed by atoms with Gasteiger partial charge in [0.05, 0.1) is 26.0 Å². The number of benzene rings is 1. The predicted octanol–water partition coefficient (Wildman–Crippen LogP) is 3.27. The molecule has 0 unspecified atom stereocenters. The summed E-state index contributed by atoms with van der Waals surface area (Å²) in [5.74, 6) is 0.981. The lowest BCUT2D eigenvalue weighted by Crippen LogP contribution is -2.15. The fourth-order valence-electron chi connectivity index (χ4n) is 1.59. The SMILES string of the molecule is COc1ccc(C(=O)Nc2ncc(Br)nc2Br)c(OC)c1. The predicted molar refractivity (Wildman–Crippen MR) is 84.9 cm³/mol. The molecular weight excluding hydrogens is 406 g/mol. The molecule has 0 radical (unpaired) electrons. The lowest BCUT2D eigenvalue weighted by atomic mass is 10.1. The zero-order chi connectivity index (χ0) is 15.4. The molecule has 0 bridgehead atoms. The van der Waals surface area contributed by atoms with Crippen molar-refractivity contribution in [3.63, 3.8) is 0 Å². The molecule has 0 aliphatic carbocycles. The Morgan fingerprint density at radius 3 is 2.62 bits per heavy atom. The quantitative estimate of drug-likeness (QED) is 0.827. The van der Waals surface area contributed by atoms with Crippen LogP contribution in [-0.4, -0.2) is 30.1 Å². The van der Waals surface area contributed by atoms with Crippen LogP contribution in [0, 0.1) is 0 Å². The van der Waals surface area contributed by atoms with E-state index in [0.717, 1.165) is 0 Å². The Morgan fingerprint density at radius 2 is 2.00 bits per heavy atom. The van der Waals surface area contributed by atoms with Crippen LogP contribution in [0.3, 0.4) is 0 Å². The maximum absolute atomic E-state index is 12.3. The molecule has 2 aromatic rings. The molecule has 0 aliphatic heterocycles. The van der Waals surface area contributed by atoms with Crippen molar-refractivity contribution in [2.24, 2.45) is 0 Å². The molecular formula is C13H11Br2N3O3. The summed E-state index contributed by atoms with van der Waals surface area (Å²) in [6, 6.07) is 4.93. The van der Waals surface area contributed by atoms with Crippen molar-refractivity contribution in [2.45, 2.75) is 0 Å². The second kappa shape index (κ2) is 6.86. The molecule has 1 amide bonds. The van der Waals surface area contributed by atoms with Gasteiger partial charge in [-0.05, 0) is 44.0 Å². The number of nitrogens with one attached hydrogen (secondary N) is 1. The van der Waals surface area contributed by atoms with Gasteiger partial charge in [-0.1, -0.05) is 0 Å². The van der Waals surface area contributed by atoms with Crippen molar-refractivity contribution in [1.82, 2.24) is 9.97 Å². The Balaban J connectivity index is 2.28. The van der Waals surface area contributed by atoms with Gasteiger partial charge < -0.3 is 14.8 Å². The molecule has 110 valence electrons. The summed E-state index contributed by atoms with van der Waals surface area (Å²) in [6.07, 6.45) is 1.49. The first-order valence-corrected chi connectivity index (χ1v) is 7.35. The average Bonchev–Trinajstić information content (AvgIpc) is 2.49. The number of anilines is 1. The highest BCUT2D eigenvalue weighted by Crippen LogP contribution is 2.26. The van der Waals surface area contributed by atoms with Crippen molar-refractivity contribution in [3.8, 4) is 11.5 Å². The minimum Gasteiger partial charge on any atom is -0.497 e. The Kier molecular flexibility index (Phi) is 5.13. The van der Waals surface area contributed by atoms with Crippen molar-refractivity contribution in [3.05, 3.63) is 39.2 Å². The lowest BCUT2D eigenvalue weighted by molar-refractivity contribution is 0.102. The number of aromatic nitrogens is 2. The van der Waals surface area contributed by atoms with Gasteiger partial charge in [0.1, 0.15) is 20.7 Å². The van der Waals surface area contributed by atoms with Gasteiger partial charge in [-0.3, -0.25) is 4.79 Å². The third-order valence-electron chi connectivity index (χ3n) is 2.59. The van der Waals surface area contributed by atoms with Gasteiger partial charge in [0.2, 0.25) is 0 Å². The Labute approximate surface area is 138 Å². The molecule has 2 rings (SSSR count). The molecule has 1 aromatic heterocycles. The zero-order valence-corrected chi connectivity index (χ0v) is 14.4. The van der Waals surface area contributed by atoms with E-state index in [1.54, 1.807) is 25.3 Å². The molecule has 21 heavy (non-hydrogen) atoms. The van der Waals surface area contributed by atoms with E-state index in [0.29, 0.717) is 32.1 Å². The molecule has 0 atom stereocenters. The van der Waals surface area contributed by atoms with Gasteiger partial charge in [0.15, 0.2) is 5.82 Å². The van der Waals surface area contributed by atoms with E-state index in [4.69, 9.17) is 9.47 Å². The van der Waals surface area contributed by atoms with Crippen LogP contribution < -0.4 is 14.8 Å². The normalized spacial score (nSPS) is 10.1. The van der Waals surface area contributed by atoms with Crippen LogP contribution in [-0.2, 0) is 0 Å². The number of amides is 1. The Hall–Kier alpha value is -1.67. The van der Waals surface area contributed by atoms with Gasteiger partial charge >= 0.3 is 0 Å². The van der Waals surface area contributed by atoms with Gasteiger partial charge in [-0.25, -0.2) is 9.97 Å². The molecule has 1 heterocycles. The number of methoxy groups -OCH3 is 2. The largest absolute Gasteiger partial charge is 0.497 e. The highest BCUT2D eigenvalue weighted by Gasteiger charge is 2.15. The maximum Gasteiger partial charge on any atom is 0.260 e. The molecule has 0 spiro atoms. The first-order chi connectivity index (χ1) is 10.0. The van der Waals surface area contributed by atoms with Crippen molar-refractivity contribution in [2.75, 3.05) is 19.5 Å². The Morgan fingerprint density at radius 1 is 1.24 bits per heavy atom. The second-order valence-corrected chi connectivity index (χ2v) is 5.42. The summed E-state index contributed by atoms with van der Waals surface area (Å²) in [5.41, 5.74) is 0.370. The average molecular weight is 417 g/mol. The van der Waals surface area contributed by atoms with E-state index in [2.05, 4.69) is 47.1 Å². The highest BCUT2D eigenvalue weighted by atomic mass is 79.9. The number of nitrogens with zero attached hydrogens (tertiary/aromatic N) is 2. The third kappa shape index (κ3) is 3.70. The highest BCUT2D eigenvalue weighted by molar-refractivity contribution is 9.11. The van der Waals surface area contributed by atoms with Crippen LogP contribution in [0.15, 0.2) is 33.6 Å². The standard InChI is InChI=1S/C13H11Br2N3O3/c1-20-7-3-4-8(9(5-7)21-2)13(19)18-12-11(15)17-10(14)6-16-12/h3-6H,1-2H3,(H,16,18,19). The second-order valence-electron chi connectivity index (χ2n) is 3.85. The number of carbonyl (C=O) groups is 1. The van der Waals surface area contributed by atoms with E-state index in [-0.39, 0.29) is 5.91 Å². The van der Waals surface area contributed by atoms with E-state index in [9.17, 15) is 4.79 Å². The van der Waals surface area contributed by atoms with E-state index >= 15 is 0 Å². The minimum atomic E-state index is -0.355. The summed E-state index contributed by atoms with van der Waals surface area (Å²) in [7, 11) is 3.03. The van der Waals surface area contributed by atoms with Crippen LogP contribution in [0.5, 0.6) is 11.5 Å². The van der Waals surface area contributed by atoms with Crippen molar-refractivity contribution in [1.29, 1.82) is 0 Å². The monoisotopic (exact) mass is 415 g/mol. The van der Waals surface area contributed by atoms with Crippen LogP contribution in [0.1, 0.15) is 10.4 Å². The molecule has 8 heteroatoms. The number of carbonyl (C=O) groups excluding carboxylic acids is 1. The Bertz CT molecular complexity index is 680. The lowest BCUT2D eigenvalue weighted by Gasteiger charge is -2.11. The molecule has 0 saturated carbocycles. The summed E-state index contributed by atoms with van der Waals surface area (Å²) in [6.45, 7) is 0. The van der Waals surface area contributed by atoms with Crippen LogP contribution in [0.4, 0.5) is 5.82 Å². The fraction of sp³-hybridized carbons (Fsp3) is 0.154. The van der Waals surface area contributed by atoms with Gasteiger partial charge in [-0.2, -0.15) is 0 Å². The summed E-state index contributed by atoms with van der Waals surface area (Å²) >= 11 is 6.43. The number of hydrogen-bond acceptors (Lipinski definition) is 5. The molecule has 0 aliphatic rings. The molecule has 6 nitrogen and oxygen atoms in total. The summed E-state index contributed by atoms with van der Waals surface area (Å²) < 4.78 is 11.3. The number of halogens is 2. The topological polar surface area (TPSA) is 73.3 Å². The van der Waals surface area contributed by atoms with E-state index < -0.39 is 0 Å². The first kappa shape index (κ1) is 15.7. The third-order valence-corrected chi connectivity index (χ3v) is 3.52. The molecule has 1 N–H and O–H groups in total. The first-order valence-electron chi connectivity index (χ1n) is 5.76. The van der Waals surface area contributed by atoms with Crippen LogP contribution in [0.2, 0.25) is 0 Å². The van der Waals surface area contributed by atoms with E-state index in [1.165, 1.54) is 13.3 Å². The van der Waals surface area contributed by atoms with Gasteiger partial charge in [0, 0.05) is 6.07 Å².